The molecule has 0 radical (unpaired) electrons. The summed E-state index contributed by atoms with van der Waals surface area (Å²) < 4.78 is 32.3. The number of hydrogen-bond donors (Lipinski definition) is 1. The van der Waals surface area contributed by atoms with Crippen LogP contribution in [0.4, 0.5) is 13.6 Å². The quantitative estimate of drug-likeness (QED) is 0.660. The number of methoxy groups -OCH3 is 1. The van der Waals surface area contributed by atoms with Crippen LogP contribution >= 0.6 is 0 Å². The molecule has 0 aromatic heterocycles. The van der Waals surface area contributed by atoms with Gasteiger partial charge in [0.15, 0.2) is 0 Å². The summed E-state index contributed by atoms with van der Waals surface area (Å²) in [4.78, 5) is 37.5. The lowest BCUT2D eigenvalue weighted by Crippen LogP contribution is -2.41. The first kappa shape index (κ1) is 18.5. The fraction of sp³-hybridized carbons (Fsp3) is 0.211. The van der Waals surface area contributed by atoms with Gasteiger partial charge in [0.2, 0.25) is 0 Å². The molecule has 1 aliphatic heterocycles. The highest BCUT2D eigenvalue weighted by Crippen LogP contribution is 2.32. The molecule has 0 aliphatic carbocycles. The number of esters is 1. The molecule has 6 nitrogen and oxygen atoms in total. The fourth-order valence-corrected chi connectivity index (χ4v) is 2.95. The normalized spacial score (nSPS) is 19.2. The number of rotatable bonds is 4. The number of nitrogens with one attached hydrogen (secondary N) is 1. The summed E-state index contributed by atoms with van der Waals surface area (Å²) in [6, 6.07) is 8.17. The Morgan fingerprint density at radius 2 is 1.81 bits per heavy atom. The summed E-state index contributed by atoms with van der Waals surface area (Å²) in [6.45, 7) is 1.24. The van der Waals surface area contributed by atoms with E-state index in [9.17, 15) is 23.2 Å². The third-order valence-electron chi connectivity index (χ3n) is 4.46. The smallest absolute Gasteiger partial charge is 0.337 e. The van der Waals surface area contributed by atoms with Gasteiger partial charge in [-0.25, -0.2) is 18.4 Å². The highest BCUT2D eigenvalue weighted by molar-refractivity contribution is 6.07. The van der Waals surface area contributed by atoms with E-state index in [0.29, 0.717) is 11.1 Å². The van der Waals surface area contributed by atoms with E-state index in [1.54, 1.807) is 12.1 Å². The Balaban J connectivity index is 1.86. The molecule has 8 heteroatoms. The van der Waals surface area contributed by atoms with Crippen LogP contribution in [0.5, 0.6) is 0 Å². The third-order valence-corrected chi connectivity index (χ3v) is 4.46. The molecule has 140 valence electrons. The number of halogens is 2. The van der Waals surface area contributed by atoms with E-state index in [1.807, 2.05) is 0 Å². The van der Waals surface area contributed by atoms with Crippen LogP contribution in [-0.2, 0) is 21.6 Å². The average molecular weight is 374 g/mol. The zero-order chi connectivity index (χ0) is 19.8. The highest BCUT2D eigenvalue weighted by Gasteiger charge is 2.50. The van der Waals surface area contributed by atoms with Crippen molar-refractivity contribution < 1.29 is 27.9 Å². The molecule has 2 aromatic carbocycles. The summed E-state index contributed by atoms with van der Waals surface area (Å²) in [7, 11) is 1.26. The van der Waals surface area contributed by atoms with Crippen LogP contribution in [0.25, 0.3) is 0 Å². The van der Waals surface area contributed by atoms with Gasteiger partial charge in [-0.1, -0.05) is 12.1 Å². The van der Waals surface area contributed by atoms with Crippen LogP contribution in [0.2, 0.25) is 0 Å². The maximum Gasteiger partial charge on any atom is 0.337 e. The summed E-state index contributed by atoms with van der Waals surface area (Å²) in [5.74, 6) is -2.72. The van der Waals surface area contributed by atoms with Crippen molar-refractivity contribution in [3.63, 3.8) is 0 Å². The molecule has 1 N–H and O–H groups in total. The van der Waals surface area contributed by atoms with E-state index in [0.717, 1.165) is 23.1 Å². The van der Waals surface area contributed by atoms with E-state index in [1.165, 1.54) is 26.2 Å². The summed E-state index contributed by atoms with van der Waals surface area (Å²) >= 11 is 0. The molecule has 0 saturated carbocycles. The largest absolute Gasteiger partial charge is 0.465 e. The molecule has 3 amide bonds. The predicted molar refractivity (Wildman–Crippen MR) is 90.6 cm³/mol. The molecule has 1 aliphatic rings. The van der Waals surface area contributed by atoms with E-state index in [-0.39, 0.29) is 12.1 Å². The van der Waals surface area contributed by atoms with Crippen LogP contribution in [0.1, 0.15) is 28.4 Å². The second-order valence-electron chi connectivity index (χ2n) is 6.26. The monoisotopic (exact) mass is 374 g/mol. The van der Waals surface area contributed by atoms with Crippen LogP contribution in [0, 0.1) is 11.6 Å². The van der Waals surface area contributed by atoms with Crippen molar-refractivity contribution >= 4 is 17.9 Å². The van der Waals surface area contributed by atoms with Crippen molar-refractivity contribution in [2.24, 2.45) is 0 Å². The standard InChI is InChI=1S/C19H16F2N2O4/c1-19(14-9-13(20)7-8-15(14)21)17(25)23(18(26)22-19)10-11-3-5-12(6-4-11)16(24)27-2/h3-9H,10H2,1-2H3,(H,22,26)/t19-/m1/s1. The Labute approximate surface area is 153 Å². The molecule has 2 aromatic rings. The fourth-order valence-electron chi connectivity index (χ4n) is 2.95. The van der Waals surface area contributed by atoms with Gasteiger partial charge in [-0.2, -0.15) is 0 Å². The van der Waals surface area contributed by atoms with Crippen LogP contribution in [0.3, 0.4) is 0 Å². The van der Waals surface area contributed by atoms with Gasteiger partial charge in [0.05, 0.1) is 19.2 Å². The van der Waals surface area contributed by atoms with Crippen molar-refractivity contribution in [1.82, 2.24) is 10.2 Å². The van der Waals surface area contributed by atoms with Gasteiger partial charge in [0, 0.05) is 5.56 Å². The van der Waals surface area contributed by atoms with Gasteiger partial charge in [0.1, 0.15) is 17.2 Å². The Morgan fingerprint density at radius 3 is 2.44 bits per heavy atom. The van der Waals surface area contributed by atoms with Gasteiger partial charge >= 0.3 is 12.0 Å². The van der Waals surface area contributed by atoms with Crippen molar-refractivity contribution in [3.8, 4) is 0 Å². The Bertz CT molecular complexity index is 930. The molecule has 0 bridgehead atoms. The molecule has 27 heavy (non-hydrogen) atoms. The zero-order valence-electron chi connectivity index (χ0n) is 14.6. The lowest BCUT2D eigenvalue weighted by atomic mass is 9.91. The first-order valence-corrected chi connectivity index (χ1v) is 8.03. The summed E-state index contributed by atoms with van der Waals surface area (Å²) in [5.41, 5.74) is -1.06. The number of carbonyl (C=O) groups excluding carboxylic acids is 3. The summed E-state index contributed by atoms with van der Waals surface area (Å²) in [5, 5.41) is 2.43. The first-order valence-electron chi connectivity index (χ1n) is 8.03. The number of nitrogens with zero attached hydrogens (tertiary/aromatic N) is 1. The number of imide groups is 1. The molecule has 1 saturated heterocycles. The highest BCUT2D eigenvalue weighted by atomic mass is 19.1. The molecule has 1 heterocycles. The lowest BCUT2D eigenvalue weighted by molar-refractivity contribution is -0.131. The van der Waals surface area contributed by atoms with Gasteiger partial charge in [-0.05, 0) is 42.8 Å². The lowest BCUT2D eigenvalue weighted by Gasteiger charge is -2.23. The number of carbonyl (C=O) groups is 3. The topological polar surface area (TPSA) is 75.7 Å². The molecule has 1 atom stereocenters. The van der Waals surface area contributed by atoms with Crippen molar-refractivity contribution in [1.29, 1.82) is 0 Å². The van der Waals surface area contributed by atoms with Gasteiger partial charge in [-0.3, -0.25) is 9.69 Å². The average Bonchev–Trinajstić information content (AvgIpc) is 2.87. The second kappa shape index (κ2) is 6.79. The van der Waals surface area contributed by atoms with Gasteiger partial charge < -0.3 is 10.1 Å². The molecular weight excluding hydrogens is 358 g/mol. The van der Waals surface area contributed by atoms with Crippen molar-refractivity contribution in [3.05, 3.63) is 70.8 Å². The second-order valence-corrected chi connectivity index (χ2v) is 6.26. The van der Waals surface area contributed by atoms with E-state index >= 15 is 0 Å². The number of ether oxygens (including phenoxy) is 1. The van der Waals surface area contributed by atoms with Crippen molar-refractivity contribution in [2.75, 3.05) is 7.11 Å². The number of hydrogen-bond acceptors (Lipinski definition) is 4. The van der Waals surface area contributed by atoms with E-state index in [4.69, 9.17) is 0 Å². The number of amides is 3. The Kier molecular flexibility index (Phi) is 4.65. The van der Waals surface area contributed by atoms with Gasteiger partial charge in [-0.15, -0.1) is 0 Å². The SMILES string of the molecule is COC(=O)c1ccc(CN2C(=O)N[C@](C)(c3cc(F)ccc3F)C2=O)cc1. The maximum absolute atomic E-state index is 14.1. The summed E-state index contributed by atoms with van der Waals surface area (Å²) in [6.07, 6.45) is 0. The van der Waals surface area contributed by atoms with Gasteiger partial charge in [0.25, 0.3) is 5.91 Å². The third kappa shape index (κ3) is 3.25. The first-order chi connectivity index (χ1) is 12.8. The molecule has 3 rings (SSSR count). The van der Waals surface area contributed by atoms with Crippen LogP contribution in [-0.4, -0.2) is 29.9 Å². The zero-order valence-corrected chi connectivity index (χ0v) is 14.6. The molecule has 0 unspecified atom stereocenters. The predicted octanol–water partition coefficient (Wildman–Crippen LogP) is 2.72. The van der Waals surface area contributed by atoms with Crippen LogP contribution < -0.4 is 5.32 Å². The Morgan fingerprint density at radius 1 is 1.15 bits per heavy atom. The number of urea groups is 1. The van der Waals surface area contributed by atoms with E-state index in [2.05, 4.69) is 10.1 Å². The minimum atomic E-state index is -1.71. The minimum absolute atomic E-state index is 0.0847. The Hall–Kier alpha value is -3.29. The number of benzene rings is 2. The maximum atomic E-state index is 14.1. The molecular formula is C19H16F2N2O4. The minimum Gasteiger partial charge on any atom is -0.465 e. The van der Waals surface area contributed by atoms with Crippen LogP contribution in [0.15, 0.2) is 42.5 Å². The van der Waals surface area contributed by atoms with E-state index < -0.39 is 35.1 Å². The molecule has 1 fully saturated rings. The van der Waals surface area contributed by atoms with Crippen molar-refractivity contribution in [2.45, 2.75) is 19.0 Å². The molecule has 0 spiro atoms.